The summed E-state index contributed by atoms with van der Waals surface area (Å²) in [6.45, 7) is 0.533. The minimum atomic E-state index is -0.0875. The molecule has 0 heterocycles. The lowest BCUT2D eigenvalue weighted by molar-refractivity contribution is 0.102. The SMILES string of the molecule is CSc1ccccc1NC(=O)c1ccccc1CCN. The van der Waals surface area contributed by atoms with Crippen molar-refractivity contribution in [1.82, 2.24) is 0 Å². The van der Waals surface area contributed by atoms with Gasteiger partial charge in [0.15, 0.2) is 0 Å². The summed E-state index contributed by atoms with van der Waals surface area (Å²) in [6.07, 6.45) is 2.70. The van der Waals surface area contributed by atoms with Crippen molar-refractivity contribution in [2.45, 2.75) is 11.3 Å². The van der Waals surface area contributed by atoms with Crippen LogP contribution in [0.3, 0.4) is 0 Å². The lowest BCUT2D eigenvalue weighted by atomic mass is 10.0. The topological polar surface area (TPSA) is 55.1 Å². The van der Waals surface area contributed by atoms with Crippen LogP contribution in [-0.4, -0.2) is 18.7 Å². The second-order valence-corrected chi connectivity index (χ2v) is 5.20. The van der Waals surface area contributed by atoms with Crippen LogP contribution in [0.4, 0.5) is 5.69 Å². The highest BCUT2D eigenvalue weighted by Crippen LogP contribution is 2.25. The van der Waals surface area contributed by atoms with Gasteiger partial charge in [-0.2, -0.15) is 0 Å². The van der Waals surface area contributed by atoms with E-state index in [2.05, 4.69) is 5.32 Å². The Kier molecular flexibility index (Phi) is 5.21. The number of para-hydroxylation sites is 1. The second kappa shape index (κ2) is 7.12. The Bertz CT molecular complexity index is 599. The molecule has 20 heavy (non-hydrogen) atoms. The minimum absolute atomic E-state index is 0.0875. The van der Waals surface area contributed by atoms with Gasteiger partial charge >= 0.3 is 0 Å². The fraction of sp³-hybridized carbons (Fsp3) is 0.188. The van der Waals surface area contributed by atoms with Crippen LogP contribution in [0.15, 0.2) is 53.4 Å². The number of amides is 1. The Morgan fingerprint density at radius 2 is 1.85 bits per heavy atom. The molecule has 3 nitrogen and oxygen atoms in total. The summed E-state index contributed by atoms with van der Waals surface area (Å²) >= 11 is 1.61. The van der Waals surface area contributed by atoms with Gasteiger partial charge in [-0.25, -0.2) is 0 Å². The molecule has 0 atom stereocenters. The molecule has 2 rings (SSSR count). The zero-order valence-corrected chi connectivity index (χ0v) is 12.2. The number of thioether (sulfide) groups is 1. The Morgan fingerprint density at radius 3 is 2.60 bits per heavy atom. The third kappa shape index (κ3) is 3.40. The van der Waals surface area contributed by atoms with Crippen molar-refractivity contribution in [2.75, 3.05) is 18.1 Å². The molecule has 0 fully saturated rings. The van der Waals surface area contributed by atoms with Crippen molar-refractivity contribution in [3.8, 4) is 0 Å². The van der Waals surface area contributed by atoms with Crippen LogP contribution < -0.4 is 11.1 Å². The van der Waals surface area contributed by atoms with Gasteiger partial charge in [0.2, 0.25) is 0 Å². The van der Waals surface area contributed by atoms with E-state index in [4.69, 9.17) is 5.73 Å². The summed E-state index contributed by atoms with van der Waals surface area (Å²) in [5.74, 6) is -0.0875. The summed E-state index contributed by atoms with van der Waals surface area (Å²) in [6, 6.07) is 15.4. The van der Waals surface area contributed by atoms with E-state index in [1.165, 1.54) is 0 Å². The number of carbonyl (C=O) groups excluding carboxylic acids is 1. The van der Waals surface area contributed by atoms with Gasteiger partial charge in [-0.15, -0.1) is 11.8 Å². The molecule has 0 radical (unpaired) electrons. The number of hydrogen-bond donors (Lipinski definition) is 2. The van der Waals surface area contributed by atoms with Crippen molar-refractivity contribution in [3.05, 3.63) is 59.7 Å². The van der Waals surface area contributed by atoms with Gasteiger partial charge < -0.3 is 11.1 Å². The van der Waals surface area contributed by atoms with Crippen LogP contribution in [0.5, 0.6) is 0 Å². The zero-order chi connectivity index (χ0) is 14.4. The van der Waals surface area contributed by atoms with Crippen molar-refractivity contribution < 1.29 is 4.79 Å². The van der Waals surface area contributed by atoms with Crippen molar-refractivity contribution in [3.63, 3.8) is 0 Å². The highest BCUT2D eigenvalue weighted by molar-refractivity contribution is 7.98. The van der Waals surface area contributed by atoms with Crippen molar-refractivity contribution >= 4 is 23.4 Å². The van der Waals surface area contributed by atoms with Gasteiger partial charge in [-0.1, -0.05) is 30.3 Å². The highest BCUT2D eigenvalue weighted by atomic mass is 32.2. The monoisotopic (exact) mass is 286 g/mol. The van der Waals surface area contributed by atoms with Gasteiger partial charge in [0.25, 0.3) is 5.91 Å². The molecule has 1 amide bonds. The Morgan fingerprint density at radius 1 is 1.15 bits per heavy atom. The largest absolute Gasteiger partial charge is 0.330 e. The van der Waals surface area contributed by atoms with Crippen LogP contribution in [0.25, 0.3) is 0 Å². The molecule has 0 saturated heterocycles. The first-order valence-corrected chi connectivity index (χ1v) is 7.71. The second-order valence-electron chi connectivity index (χ2n) is 4.35. The maximum atomic E-state index is 12.4. The molecule has 0 aliphatic heterocycles. The minimum Gasteiger partial charge on any atom is -0.330 e. The van der Waals surface area contributed by atoms with E-state index in [9.17, 15) is 4.79 Å². The molecule has 2 aromatic rings. The standard InChI is InChI=1S/C16H18N2OS/c1-20-15-9-5-4-8-14(15)18-16(19)13-7-3-2-6-12(13)10-11-17/h2-9H,10-11,17H2,1H3,(H,18,19). The van der Waals surface area contributed by atoms with E-state index in [1.807, 2.05) is 54.8 Å². The van der Waals surface area contributed by atoms with Crippen LogP contribution in [0, 0.1) is 0 Å². The third-order valence-electron chi connectivity index (χ3n) is 3.03. The molecule has 0 aliphatic carbocycles. The molecule has 4 heteroatoms. The quantitative estimate of drug-likeness (QED) is 0.830. The number of hydrogen-bond acceptors (Lipinski definition) is 3. The Hall–Kier alpha value is -1.78. The molecule has 0 unspecified atom stereocenters. The van der Waals surface area contributed by atoms with Gasteiger partial charge in [-0.3, -0.25) is 4.79 Å². The van der Waals surface area contributed by atoms with E-state index in [0.29, 0.717) is 18.5 Å². The first kappa shape index (κ1) is 14.6. The smallest absolute Gasteiger partial charge is 0.255 e. The summed E-state index contributed by atoms with van der Waals surface area (Å²) < 4.78 is 0. The predicted octanol–water partition coefficient (Wildman–Crippen LogP) is 3.16. The highest BCUT2D eigenvalue weighted by Gasteiger charge is 2.12. The van der Waals surface area contributed by atoms with Crippen LogP contribution >= 0.6 is 11.8 Å². The molecule has 0 spiro atoms. The molecular formula is C16H18N2OS. The molecule has 3 N–H and O–H groups in total. The molecular weight excluding hydrogens is 268 g/mol. The molecule has 0 bridgehead atoms. The van der Waals surface area contributed by atoms with Crippen LogP contribution in [0.2, 0.25) is 0 Å². The van der Waals surface area contributed by atoms with Crippen LogP contribution in [0.1, 0.15) is 15.9 Å². The number of benzene rings is 2. The first-order chi connectivity index (χ1) is 9.76. The van der Waals surface area contributed by atoms with E-state index >= 15 is 0 Å². The molecule has 0 saturated carbocycles. The molecule has 2 aromatic carbocycles. The Balaban J connectivity index is 2.24. The van der Waals surface area contributed by atoms with Crippen molar-refractivity contribution in [2.24, 2.45) is 5.73 Å². The maximum Gasteiger partial charge on any atom is 0.255 e. The number of rotatable bonds is 5. The van der Waals surface area contributed by atoms with E-state index in [1.54, 1.807) is 11.8 Å². The van der Waals surface area contributed by atoms with Crippen molar-refractivity contribution in [1.29, 1.82) is 0 Å². The summed E-state index contributed by atoms with van der Waals surface area (Å²) in [4.78, 5) is 13.5. The Labute approximate surface area is 123 Å². The number of nitrogens with one attached hydrogen (secondary N) is 1. The van der Waals surface area contributed by atoms with Gasteiger partial charge in [0.1, 0.15) is 0 Å². The fourth-order valence-corrected chi connectivity index (χ4v) is 2.61. The zero-order valence-electron chi connectivity index (χ0n) is 11.4. The molecule has 0 aliphatic rings. The lowest BCUT2D eigenvalue weighted by Gasteiger charge is -2.11. The van der Waals surface area contributed by atoms with Crippen LogP contribution in [-0.2, 0) is 6.42 Å². The number of carbonyl (C=O) groups is 1. The van der Waals surface area contributed by atoms with E-state index in [0.717, 1.165) is 16.1 Å². The first-order valence-electron chi connectivity index (χ1n) is 6.48. The summed E-state index contributed by atoms with van der Waals surface area (Å²) in [5.41, 5.74) is 8.10. The van der Waals surface area contributed by atoms with Gasteiger partial charge in [0, 0.05) is 10.5 Å². The molecule has 0 aromatic heterocycles. The average molecular weight is 286 g/mol. The predicted molar refractivity (Wildman–Crippen MR) is 85.4 cm³/mol. The van der Waals surface area contributed by atoms with E-state index < -0.39 is 0 Å². The lowest BCUT2D eigenvalue weighted by Crippen LogP contribution is -2.16. The average Bonchev–Trinajstić information content (AvgIpc) is 2.48. The maximum absolute atomic E-state index is 12.4. The molecule has 104 valence electrons. The van der Waals surface area contributed by atoms with Gasteiger partial charge in [-0.05, 0) is 43.0 Å². The fourth-order valence-electron chi connectivity index (χ4n) is 2.05. The van der Waals surface area contributed by atoms with E-state index in [-0.39, 0.29) is 5.91 Å². The third-order valence-corrected chi connectivity index (χ3v) is 3.83. The number of anilines is 1. The summed E-state index contributed by atoms with van der Waals surface area (Å²) in [5, 5.41) is 2.98. The normalized spacial score (nSPS) is 10.3. The summed E-state index contributed by atoms with van der Waals surface area (Å²) in [7, 11) is 0. The number of nitrogens with two attached hydrogens (primary N) is 1. The van der Waals surface area contributed by atoms with Gasteiger partial charge in [0.05, 0.1) is 5.69 Å².